The highest BCUT2D eigenvalue weighted by atomic mass is 32.2. The third-order valence-corrected chi connectivity index (χ3v) is 5.70. The van der Waals surface area contributed by atoms with Crippen LogP contribution in [0.2, 0.25) is 0 Å². The number of benzene rings is 3. The molecule has 0 unspecified atom stereocenters. The molecule has 0 atom stereocenters. The smallest absolute Gasteiger partial charge is 0.251 e. The number of carbonyl (C=O) groups is 1. The Labute approximate surface area is 164 Å². The summed E-state index contributed by atoms with van der Waals surface area (Å²) in [6.45, 7) is 2.68. The van der Waals surface area contributed by atoms with E-state index < -0.39 is 10.0 Å². The lowest BCUT2D eigenvalue weighted by molar-refractivity contribution is 0.0947. The normalized spacial score (nSPS) is 11.3. The van der Waals surface area contributed by atoms with Crippen molar-refractivity contribution in [2.75, 3.05) is 19.7 Å². The van der Waals surface area contributed by atoms with E-state index >= 15 is 0 Å². The summed E-state index contributed by atoms with van der Waals surface area (Å²) in [6.07, 6.45) is 0. The SMILES string of the molecule is CCNS(=O)(=O)c1ccc(C(=O)NCCOc2ccc3ccccc3c2)cc1. The van der Waals surface area contributed by atoms with E-state index in [0.29, 0.717) is 25.3 Å². The third-order valence-electron chi connectivity index (χ3n) is 4.14. The van der Waals surface area contributed by atoms with Gasteiger partial charge in [0.05, 0.1) is 11.4 Å². The second-order valence-corrected chi connectivity index (χ2v) is 7.91. The van der Waals surface area contributed by atoms with Gasteiger partial charge in [-0.1, -0.05) is 37.3 Å². The molecule has 146 valence electrons. The van der Waals surface area contributed by atoms with Crippen molar-refractivity contribution >= 4 is 26.7 Å². The summed E-state index contributed by atoms with van der Waals surface area (Å²) in [7, 11) is -3.52. The van der Waals surface area contributed by atoms with Gasteiger partial charge in [0.25, 0.3) is 5.91 Å². The van der Waals surface area contributed by atoms with Gasteiger partial charge in [0.1, 0.15) is 12.4 Å². The van der Waals surface area contributed by atoms with Gasteiger partial charge in [0, 0.05) is 12.1 Å². The minimum absolute atomic E-state index is 0.130. The summed E-state index contributed by atoms with van der Waals surface area (Å²) in [6, 6.07) is 19.7. The minimum atomic E-state index is -3.52. The first-order chi connectivity index (χ1) is 13.5. The number of rotatable bonds is 8. The van der Waals surface area contributed by atoms with E-state index in [1.165, 1.54) is 24.3 Å². The van der Waals surface area contributed by atoms with Crippen molar-refractivity contribution in [2.45, 2.75) is 11.8 Å². The number of sulfonamides is 1. The summed E-state index contributed by atoms with van der Waals surface area (Å²) in [5.74, 6) is 0.459. The molecule has 0 aliphatic heterocycles. The van der Waals surface area contributed by atoms with Gasteiger partial charge in [-0.25, -0.2) is 13.1 Å². The van der Waals surface area contributed by atoms with Crippen molar-refractivity contribution in [2.24, 2.45) is 0 Å². The fourth-order valence-electron chi connectivity index (χ4n) is 2.75. The van der Waals surface area contributed by atoms with Crippen LogP contribution in [0.5, 0.6) is 5.75 Å². The molecular formula is C21H22N2O4S. The number of ether oxygens (including phenoxy) is 1. The average Bonchev–Trinajstić information content (AvgIpc) is 2.71. The highest BCUT2D eigenvalue weighted by molar-refractivity contribution is 7.89. The minimum Gasteiger partial charge on any atom is -0.492 e. The predicted octanol–water partition coefficient (Wildman–Crippen LogP) is 2.95. The molecule has 0 spiro atoms. The molecule has 0 aliphatic rings. The lowest BCUT2D eigenvalue weighted by atomic mass is 10.1. The van der Waals surface area contributed by atoms with E-state index in [1.54, 1.807) is 6.92 Å². The molecule has 1 amide bonds. The van der Waals surface area contributed by atoms with Crippen LogP contribution in [-0.2, 0) is 10.0 Å². The maximum Gasteiger partial charge on any atom is 0.251 e. The second kappa shape index (κ2) is 8.86. The Morgan fingerprint density at radius 2 is 1.68 bits per heavy atom. The van der Waals surface area contributed by atoms with Crippen LogP contribution in [0.15, 0.2) is 71.6 Å². The number of hydrogen-bond donors (Lipinski definition) is 2. The molecular weight excluding hydrogens is 376 g/mol. The molecule has 2 N–H and O–H groups in total. The first-order valence-corrected chi connectivity index (χ1v) is 10.5. The zero-order chi connectivity index (χ0) is 20.0. The summed E-state index contributed by atoms with van der Waals surface area (Å²) in [4.78, 5) is 12.3. The first kappa shape index (κ1) is 19.9. The Morgan fingerprint density at radius 3 is 2.39 bits per heavy atom. The van der Waals surface area contributed by atoms with E-state index in [9.17, 15) is 13.2 Å². The van der Waals surface area contributed by atoms with E-state index in [-0.39, 0.29) is 10.8 Å². The van der Waals surface area contributed by atoms with Gasteiger partial charge in [-0.15, -0.1) is 0 Å². The number of nitrogens with one attached hydrogen (secondary N) is 2. The van der Waals surface area contributed by atoms with E-state index in [0.717, 1.165) is 16.5 Å². The summed E-state index contributed by atoms with van der Waals surface area (Å²) in [5, 5.41) is 5.00. The number of fused-ring (bicyclic) bond motifs is 1. The monoisotopic (exact) mass is 398 g/mol. The maximum absolute atomic E-state index is 12.2. The van der Waals surface area contributed by atoms with Crippen LogP contribution < -0.4 is 14.8 Å². The zero-order valence-electron chi connectivity index (χ0n) is 15.5. The van der Waals surface area contributed by atoms with Crippen LogP contribution in [0.1, 0.15) is 17.3 Å². The highest BCUT2D eigenvalue weighted by Gasteiger charge is 2.13. The summed E-state index contributed by atoms with van der Waals surface area (Å²) < 4.78 is 31.9. The van der Waals surface area contributed by atoms with E-state index in [1.807, 2.05) is 42.5 Å². The molecule has 0 saturated heterocycles. The zero-order valence-corrected chi connectivity index (χ0v) is 16.3. The number of carbonyl (C=O) groups excluding carboxylic acids is 1. The standard InChI is InChI=1S/C21H22N2O4S/c1-2-23-28(25,26)20-11-8-17(9-12-20)21(24)22-13-14-27-19-10-7-16-5-3-4-6-18(16)15-19/h3-12,15,23H,2,13-14H2,1H3,(H,22,24). The Kier molecular flexibility index (Phi) is 6.28. The van der Waals surface area contributed by atoms with Crippen molar-refractivity contribution in [1.82, 2.24) is 10.0 Å². The number of hydrogen-bond acceptors (Lipinski definition) is 4. The van der Waals surface area contributed by atoms with Gasteiger partial charge in [-0.2, -0.15) is 0 Å². The van der Waals surface area contributed by atoms with Gasteiger partial charge in [-0.05, 0) is 47.2 Å². The van der Waals surface area contributed by atoms with Gasteiger partial charge < -0.3 is 10.1 Å². The Hall–Kier alpha value is -2.90. The van der Waals surface area contributed by atoms with Gasteiger partial charge in [0.2, 0.25) is 10.0 Å². The molecule has 0 bridgehead atoms. The van der Waals surface area contributed by atoms with Crippen LogP contribution >= 0.6 is 0 Å². The molecule has 0 heterocycles. The topological polar surface area (TPSA) is 84.5 Å². The van der Waals surface area contributed by atoms with E-state index in [2.05, 4.69) is 10.0 Å². The lowest BCUT2D eigenvalue weighted by Gasteiger charge is -2.09. The van der Waals surface area contributed by atoms with E-state index in [4.69, 9.17) is 4.74 Å². The van der Waals surface area contributed by atoms with Crippen LogP contribution in [0.4, 0.5) is 0 Å². The Morgan fingerprint density at radius 1 is 0.964 bits per heavy atom. The Bertz CT molecular complexity index is 1060. The van der Waals surface area contributed by atoms with Crippen LogP contribution in [0.25, 0.3) is 10.8 Å². The first-order valence-electron chi connectivity index (χ1n) is 8.99. The van der Waals surface area contributed by atoms with Crippen molar-refractivity contribution < 1.29 is 17.9 Å². The predicted molar refractivity (Wildman–Crippen MR) is 109 cm³/mol. The molecule has 0 fully saturated rings. The van der Waals surface area contributed by atoms with Crippen molar-refractivity contribution in [1.29, 1.82) is 0 Å². The highest BCUT2D eigenvalue weighted by Crippen LogP contribution is 2.20. The average molecular weight is 398 g/mol. The fraction of sp³-hybridized carbons (Fsp3) is 0.190. The maximum atomic E-state index is 12.2. The summed E-state index contributed by atoms with van der Waals surface area (Å²) in [5.41, 5.74) is 0.390. The van der Waals surface area contributed by atoms with Crippen LogP contribution in [0.3, 0.4) is 0 Å². The quantitative estimate of drug-likeness (QED) is 0.572. The van der Waals surface area contributed by atoms with Crippen LogP contribution in [0, 0.1) is 0 Å². The molecule has 0 aromatic heterocycles. The van der Waals surface area contributed by atoms with Crippen molar-refractivity contribution in [3.8, 4) is 5.75 Å². The molecule has 28 heavy (non-hydrogen) atoms. The van der Waals surface area contributed by atoms with Crippen molar-refractivity contribution in [3.63, 3.8) is 0 Å². The molecule has 3 aromatic rings. The van der Waals surface area contributed by atoms with Crippen molar-refractivity contribution in [3.05, 3.63) is 72.3 Å². The Balaban J connectivity index is 1.51. The van der Waals surface area contributed by atoms with Gasteiger partial charge >= 0.3 is 0 Å². The molecule has 6 nitrogen and oxygen atoms in total. The molecule has 0 radical (unpaired) electrons. The van der Waals surface area contributed by atoms with Crippen LogP contribution in [-0.4, -0.2) is 34.0 Å². The second-order valence-electron chi connectivity index (χ2n) is 6.14. The van der Waals surface area contributed by atoms with Gasteiger partial charge in [-0.3, -0.25) is 4.79 Å². The molecule has 0 saturated carbocycles. The molecule has 3 aromatic carbocycles. The van der Waals surface area contributed by atoms with Gasteiger partial charge in [0.15, 0.2) is 0 Å². The molecule has 7 heteroatoms. The fourth-order valence-corrected chi connectivity index (χ4v) is 3.79. The number of amides is 1. The largest absolute Gasteiger partial charge is 0.492 e. The summed E-state index contributed by atoms with van der Waals surface area (Å²) >= 11 is 0. The molecule has 0 aliphatic carbocycles. The lowest BCUT2D eigenvalue weighted by Crippen LogP contribution is -2.28. The molecule has 3 rings (SSSR count). The third kappa shape index (κ3) is 4.88.